The number of ether oxygens (including phenoxy) is 5. The molecule has 1 amide bonds. The Morgan fingerprint density at radius 2 is 1.61 bits per heavy atom. The highest BCUT2D eigenvalue weighted by Gasteiger charge is 2.63. The van der Waals surface area contributed by atoms with Crippen LogP contribution in [0.25, 0.3) is 0 Å². The zero-order valence-corrected chi connectivity index (χ0v) is 18.8. The van der Waals surface area contributed by atoms with Gasteiger partial charge in [0.25, 0.3) is 0 Å². The summed E-state index contributed by atoms with van der Waals surface area (Å²) in [6.45, 7) is 4.35. The molecule has 188 valence electrons. The van der Waals surface area contributed by atoms with Gasteiger partial charge in [0, 0.05) is 27.7 Å². The number of hydrogen-bond donors (Lipinski definition) is 2. The van der Waals surface area contributed by atoms with Crippen molar-refractivity contribution in [3.63, 3.8) is 0 Å². The highest BCUT2D eigenvalue weighted by molar-refractivity contribution is 5.79. The van der Waals surface area contributed by atoms with Gasteiger partial charge in [0.15, 0.2) is 18.4 Å². The Morgan fingerprint density at radius 3 is 2.06 bits per heavy atom. The third-order valence-corrected chi connectivity index (χ3v) is 4.45. The predicted molar refractivity (Wildman–Crippen MR) is 104 cm³/mol. The molecule has 12 nitrogen and oxygen atoms in total. The molecule has 1 saturated heterocycles. The van der Waals surface area contributed by atoms with Crippen molar-refractivity contribution < 1.29 is 56.4 Å². The minimum Gasteiger partial charge on any atom is -0.462 e. The summed E-state index contributed by atoms with van der Waals surface area (Å²) in [6, 6.07) is -3.47. The Bertz CT molecular complexity index is 767. The standard InChI is InChI=1S/C19H28F2N2O10/c1-6-29-18(28)19(21)17(20)13(22)14(23-8(2)24)16(33-19)15(32-11(5)27)12(31-10(4)26)7-30-9(3)25/h12-17H,6-7,22H2,1-5H3,(H,23,24)/t12-,13?,14-,15-,16?,17+,19-/m1/s1. The highest BCUT2D eigenvalue weighted by Crippen LogP contribution is 2.37. The molecule has 7 atom stereocenters. The molecular weight excluding hydrogens is 454 g/mol. The first-order valence-electron chi connectivity index (χ1n) is 9.93. The first-order valence-corrected chi connectivity index (χ1v) is 9.93. The van der Waals surface area contributed by atoms with Gasteiger partial charge in [-0.15, -0.1) is 0 Å². The summed E-state index contributed by atoms with van der Waals surface area (Å²) >= 11 is 0. The van der Waals surface area contributed by atoms with Gasteiger partial charge in [0.1, 0.15) is 12.7 Å². The number of carbonyl (C=O) groups excluding carboxylic acids is 5. The number of carbonyl (C=O) groups is 5. The van der Waals surface area contributed by atoms with Crippen molar-refractivity contribution in [2.45, 2.75) is 77.0 Å². The number of esters is 4. The molecule has 0 aromatic carbocycles. The van der Waals surface area contributed by atoms with Crippen LogP contribution >= 0.6 is 0 Å². The number of amides is 1. The van der Waals surface area contributed by atoms with E-state index in [1.54, 1.807) is 0 Å². The van der Waals surface area contributed by atoms with Crippen molar-refractivity contribution in [1.82, 2.24) is 5.32 Å². The number of nitrogens with two attached hydrogens (primary N) is 1. The van der Waals surface area contributed by atoms with Gasteiger partial charge in [-0.25, -0.2) is 9.18 Å². The molecule has 1 aliphatic rings. The molecule has 3 N–H and O–H groups in total. The van der Waals surface area contributed by atoms with Gasteiger partial charge in [-0.3, -0.25) is 19.2 Å². The maximum Gasteiger partial charge on any atom is 0.375 e. The van der Waals surface area contributed by atoms with E-state index in [0.29, 0.717) is 0 Å². The van der Waals surface area contributed by atoms with E-state index in [4.69, 9.17) is 24.7 Å². The quantitative estimate of drug-likeness (QED) is 0.312. The molecule has 1 heterocycles. The van der Waals surface area contributed by atoms with Crippen molar-refractivity contribution in [2.24, 2.45) is 5.73 Å². The minimum atomic E-state index is -3.75. The molecule has 14 heteroatoms. The largest absolute Gasteiger partial charge is 0.462 e. The summed E-state index contributed by atoms with van der Waals surface area (Å²) in [7, 11) is 0. The van der Waals surface area contributed by atoms with Crippen LogP contribution in [0, 0.1) is 0 Å². The number of hydrogen-bond acceptors (Lipinski definition) is 11. The molecule has 0 radical (unpaired) electrons. The third kappa shape index (κ3) is 7.32. The van der Waals surface area contributed by atoms with Crippen LogP contribution in [-0.4, -0.2) is 85.4 Å². The second-order valence-electron chi connectivity index (χ2n) is 7.18. The monoisotopic (exact) mass is 482 g/mol. The highest BCUT2D eigenvalue weighted by atomic mass is 19.2. The molecule has 0 spiro atoms. The number of halogens is 2. The lowest BCUT2D eigenvalue weighted by Crippen LogP contribution is -2.74. The summed E-state index contributed by atoms with van der Waals surface area (Å²) in [4.78, 5) is 58.6. The summed E-state index contributed by atoms with van der Waals surface area (Å²) in [5.74, 6) is -8.95. The molecule has 0 bridgehead atoms. The third-order valence-electron chi connectivity index (χ3n) is 4.45. The average Bonchev–Trinajstić information content (AvgIpc) is 2.69. The SMILES string of the molecule is CCOC(=O)[C@]1(F)OC([C@H](OC(C)=O)[C@@H](COC(C)=O)OC(C)=O)[C@H](NC(C)=O)C(N)[C@@H]1F. The van der Waals surface area contributed by atoms with Gasteiger partial charge in [-0.2, -0.15) is 4.39 Å². The number of alkyl halides is 2. The molecule has 2 unspecified atom stereocenters. The van der Waals surface area contributed by atoms with Gasteiger partial charge in [-0.05, 0) is 6.92 Å². The van der Waals surface area contributed by atoms with Crippen LogP contribution in [0.15, 0.2) is 0 Å². The first kappa shape index (κ1) is 28.2. The maximum absolute atomic E-state index is 15.5. The average molecular weight is 482 g/mol. The summed E-state index contributed by atoms with van der Waals surface area (Å²) < 4.78 is 55.1. The molecule has 1 aliphatic heterocycles. The fraction of sp³-hybridized carbons (Fsp3) is 0.737. The zero-order chi connectivity index (χ0) is 25.5. The molecule has 1 rings (SSSR count). The van der Waals surface area contributed by atoms with Gasteiger partial charge >= 0.3 is 29.7 Å². The zero-order valence-electron chi connectivity index (χ0n) is 18.8. The molecule has 33 heavy (non-hydrogen) atoms. The van der Waals surface area contributed by atoms with Crippen LogP contribution in [0.5, 0.6) is 0 Å². The van der Waals surface area contributed by atoms with Crippen LogP contribution < -0.4 is 11.1 Å². The maximum atomic E-state index is 15.5. The van der Waals surface area contributed by atoms with E-state index in [-0.39, 0.29) is 6.61 Å². The van der Waals surface area contributed by atoms with Crippen LogP contribution in [-0.2, 0) is 47.7 Å². The van der Waals surface area contributed by atoms with Crippen LogP contribution in [0.1, 0.15) is 34.6 Å². The van der Waals surface area contributed by atoms with Gasteiger partial charge in [0.2, 0.25) is 5.91 Å². The van der Waals surface area contributed by atoms with E-state index >= 15 is 4.39 Å². The van der Waals surface area contributed by atoms with Crippen molar-refractivity contribution >= 4 is 29.8 Å². The molecule has 0 saturated carbocycles. The van der Waals surface area contributed by atoms with Crippen molar-refractivity contribution in [1.29, 1.82) is 0 Å². The number of rotatable bonds is 9. The van der Waals surface area contributed by atoms with E-state index in [9.17, 15) is 28.4 Å². The lowest BCUT2D eigenvalue weighted by Gasteiger charge is -2.47. The molecule has 0 aromatic rings. The van der Waals surface area contributed by atoms with E-state index in [1.165, 1.54) is 6.92 Å². The molecular formula is C19H28F2N2O10. The Balaban J connectivity index is 3.57. The fourth-order valence-electron chi connectivity index (χ4n) is 3.21. The van der Waals surface area contributed by atoms with Gasteiger partial charge in [0.05, 0.1) is 18.7 Å². The Hall–Kier alpha value is -2.87. The Kier molecular flexibility index (Phi) is 10.1. The lowest BCUT2D eigenvalue weighted by atomic mass is 9.86. The van der Waals surface area contributed by atoms with Crippen LogP contribution in [0.4, 0.5) is 8.78 Å². The lowest BCUT2D eigenvalue weighted by molar-refractivity contribution is -0.281. The molecule has 1 fully saturated rings. The number of nitrogens with one attached hydrogen (secondary N) is 1. The first-order chi connectivity index (χ1) is 15.2. The second-order valence-corrected chi connectivity index (χ2v) is 7.18. The van der Waals surface area contributed by atoms with Crippen molar-refractivity contribution in [3.05, 3.63) is 0 Å². The van der Waals surface area contributed by atoms with Gasteiger partial charge in [-0.1, -0.05) is 0 Å². The summed E-state index contributed by atoms with van der Waals surface area (Å²) in [6.07, 6.45) is -8.09. The van der Waals surface area contributed by atoms with E-state index in [1.807, 2.05) is 0 Å². The Labute approximate surface area is 188 Å². The topological polar surface area (TPSA) is 170 Å². The Morgan fingerprint density at radius 1 is 1.03 bits per heavy atom. The van der Waals surface area contributed by atoms with E-state index < -0.39 is 78.8 Å². The van der Waals surface area contributed by atoms with Crippen molar-refractivity contribution in [3.8, 4) is 0 Å². The normalized spacial score (nSPS) is 28.6. The summed E-state index contributed by atoms with van der Waals surface area (Å²) in [5.41, 5.74) is 5.81. The molecule has 0 aromatic heterocycles. The van der Waals surface area contributed by atoms with Crippen LogP contribution in [0.2, 0.25) is 0 Å². The molecule has 0 aliphatic carbocycles. The van der Waals surface area contributed by atoms with Crippen molar-refractivity contribution in [2.75, 3.05) is 13.2 Å². The van der Waals surface area contributed by atoms with Crippen LogP contribution in [0.3, 0.4) is 0 Å². The minimum absolute atomic E-state index is 0.328. The van der Waals surface area contributed by atoms with E-state index in [2.05, 4.69) is 10.1 Å². The fourth-order valence-corrected chi connectivity index (χ4v) is 3.21. The summed E-state index contributed by atoms with van der Waals surface area (Å²) in [5, 5.41) is 2.26. The smallest absolute Gasteiger partial charge is 0.375 e. The second kappa shape index (κ2) is 11.8. The predicted octanol–water partition coefficient (Wildman–Crippen LogP) is -0.789. The van der Waals surface area contributed by atoms with Gasteiger partial charge < -0.3 is 34.7 Å². The van der Waals surface area contributed by atoms with E-state index in [0.717, 1.165) is 27.7 Å².